The number of likely N-dealkylation sites (tertiary alicyclic amines) is 1. The summed E-state index contributed by atoms with van der Waals surface area (Å²) in [5.41, 5.74) is 0.612. The van der Waals surface area contributed by atoms with Gasteiger partial charge < -0.3 is 4.90 Å². The lowest BCUT2D eigenvalue weighted by atomic mass is 9.75. The van der Waals surface area contributed by atoms with E-state index in [1.165, 1.54) is 32.1 Å². The first-order valence-electron chi connectivity index (χ1n) is 8.75. The van der Waals surface area contributed by atoms with E-state index in [1.807, 2.05) is 0 Å². The summed E-state index contributed by atoms with van der Waals surface area (Å²) in [5.74, 6) is 1.98. The highest BCUT2D eigenvalue weighted by molar-refractivity contribution is 7.80. The van der Waals surface area contributed by atoms with Crippen LogP contribution in [0.25, 0.3) is 0 Å². The maximum Gasteiger partial charge on any atom is 0.222 e. The molecule has 1 heterocycles. The van der Waals surface area contributed by atoms with E-state index in [-0.39, 0.29) is 0 Å². The molecule has 0 bridgehead atoms. The zero-order valence-corrected chi connectivity index (χ0v) is 15.1. The smallest absolute Gasteiger partial charge is 0.222 e. The number of hydrogen-bond donors (Lipinski definition) is 1. The van der Waals surface area contributed by atoms with Crippen LogP contribution >= 0.6 is 12.6 Å². The van der Waals surface area contributed by atoms with E-state index >= 15 is 0 Å². The Morgan fingerprint density at radius 2 is 1.86 bits per heavy atom. The number of carbonyl (C=O) groups is 1. The minimum Gasteiger partial charge on any atom is -0.342 e. The highest BCUT2D eigenvalue weighted by Gasteiger charge is 2.36. The van der Waals surface area contributed by atoms with E-state index in [0.29, 0.717) is 22.7 Å². The van der Waals surface area contributed by atoms with Crippen LogP contribution in [0.15, 0.2) is 0 Å². The van der Waals surface area contributed by atoms with Crippen LogP contribution < -0.4 is 0 Å². The third-order valence-corrected chi connectivity index (χ3v) is 6.48. The summed E-state index contributed by atoms with van der Waals surface area (Å²) in [5, 5.41) is 0. The van der Waals surface area contributed by atoms with Gasteiger partial charge in [0.1, 0.15) is 0 Å². The molecule has 1 saturated carbocycles. The Morgan fingerprint density at radius 1 is 1.19 bits per heavy atom. The summed E-state index contributed by atoms with van der Waals surface area (Å²) in [4.78, 5) is 14.7. The highest BCUT2D eigenvalue weighted by Crippen LogP contribution is 2.40. The average Bonchev–Trinajstić information content (AvgIpc) is 2.62. The van der Waals surface area contributed by atoms with Crippen molar-refractivity contribution in [1.82, 2.24) is 4.90 Å². The summed E-state index contributed by atoms with van der Waals surface area (Å²) >= 11 is 4.63. The van der Waals surface area contributed by atoms with E-state index in [0.717, 1.165) is 38.1 Å². The fraction of sp³-hybridized carbons (Fsp3) is 0.944. The summed E-state index contributed by atoms with van der Waals surface area (Å²) in [6.45, 7) is 8.85. The van der Waals surface area contributed by atoms with Gasteiger partial charge in [0.05, 0.1) is 0 Å². The van der Waals surface area contributed by atoms with Crippen molar-refractivity contribution in [2.45, 2.75) is 72.1 Å². The van der Waals surface area contributed by atoms with Crippen LogP contribution in [0.2, 0.25) is 0 Å². The molecule has 0 aromatic carbocycles. The highest BCUT2D eigenvalue weighted by atomic mass is 32.1. The Bertz CT molecular complexity index is 355. The van der Waals surface area contributed by atoms with E-state index in [1.54, 1.807) is 0 Å². The van der Waals surface area contributed by atoms with Crippen LogP contribution in [0.4, 0.5) is 0 Å². The van der Waals surface area contributed by atoms with Crippen molar-refractivity contribution >= 4 is 18.5 Å². The second-order valence-corrected chi connectivity index (χ2v) is 8.74. The summed E-state index contributed by atoms with van der Waals surface area (Å²) < 4.78 is 0. The molecule has 2 fully saturated rings. The van der Waals surface area contributed by atoms with Crippen LogP contribution in [0.1, 0.15) is 72.1 Å². The van der Waals surface area contributed by atoms with Crippen LogP contribution in [-0.4, -0.2) is 29.6 Å². The van der Waals surface area contributed by atoms with Crippen molar-refractivity contribution in [2.24, 2.45) is 16.7 Å². The lowest BCUT2D eigenvalue weighted by Crippen LogP contribution is -2.43. The van der Waals surface area contributed by atoms with Crippen molar-refractivity contribution in [1.29, 1.82) is 0 Å². The second-order valence-electron chi connectivity index (χ2n) is 8.42. The second kappa shape index (κ2) is 6.93. The largest absolute Gasteiger partial charge is 0.342 e. The summed E-state index contributed by atoms with van der Waals surface area (Å²) in [6, 6.07) is 0. The van der Waals surface area contributed by atoms with Gasteiger partial charge in [0.15, 0.2) is 0 Å². The molecule has 2 aliphatic rings. The van der Waals surface area contributed by atoms with Gasteiger partial charge in [0.25, 0.3) is 0 Å². The molecule has 2 rings (SSSR count). The van der Waals surface area contributed by atoms with Crippen LogP contribution in [-0.2, 0) is 4.79 Å². The van der Waals surface area contributed by atoms with Gasteiger partial charge in [-0.2, -0.15) is 12.6 Å². The van der Waals surface area contributed by atoms with Gasteiger partial charge in [-0.25, -0.2) is 0 Å². The number of carbonyl (C=O) groups excluding carboxylic acids is 1. The molecule has 1 aliphatic heterocycles. The topological polar surface area (TPSA) is 20.3 Å². The van der Waals surface area contributed by atoms with Crippen LogP contribution in [0.3, 0.4) is 0 Å². The van der Waals surface area contributed by atoms with Gasteiger partial charge in [0.2, 0.25) is 5.91 Å². The van der Waals surface area contributed by atoms with Crippen molar-refractivity contribution in [3.63, 3.8) is 0 Å². The third kappa shape index (κ3) is 4.40. The molecule has 3 heteroatoms. The molecule has 1 saturated heterocycles. The summed E-state index contributed by atoms with van der Waals surface area (Å²) in [6.07, 6.45) is 9.46. The molecule has 122 valence electrons. The number of amides is 1. The SMILES string of the molecule is CC(C)(C)C1CCC(=O)N(CC2(CS)CCCCC2)CC1. The van der Waals surface area contributed by atoms with Crippen molar-refractivity contribution in [3.05, 3.63) is 0 Å². The average molecular weight is 312 g/mol. The molecule has 21 heavy (non-hydrogen) atoms. The lowest BCUT2D eigenvalue weighted by Gasteiger charge is -2.40. The quantitative estimate of drug-likeness (QED) is 0.759. The number of rotatable bonds is 3. The molecule has 2 nitrogen and oxygen atoms in total. The molecule has 1 atom stereocenters. The van der Waals surface area contributed by atoms with E-state index < -0.39 is 0 Å². The van der Waals surface area contributed by atoms with Gasteiger partial charge in [0, 0.05) is 19.5 Å². The van der Waals surface area contributed by atoms with Gasteiger partial charge >= 0.3 is 0 Å². The predicted octanol–water partition coefficient (Wildman–Crippen LogP) is 4.54. The molecule has 1 aliphatic carbocycles. The third-order valence-electron chi connectivity index (χ3n) is 5.81. The van der Waals surface area contributed by atoms with Crippen molar-refractivity contribution < 1.29 is 4.79 Å². The molecular weight excluding hydrogens is 278 g/mol. The van der Waals surface area contributed by atoms with E-state index in [2.05, 4.69) is 38.3 Å². The molecule has 0 aromatic rings. The van der Waals surface area contributed by atoms with Crippen molar-refractivity contribution in [2.75, 3.05) is 18.8 Å². The first-order valence-corrected chi connectivity index (χ1v) is 9.38. The molecule has 1 amide bonds. The van der Waals surface area contributed by atoms with Crippen LogP contribution in [0.5, 0.6) is 0 Å². The maximum atomic E-state index is 12.5. The fourth-order valence-electron chi connectivity index (χ4n) is 4.14. The maximum absolute atomic E-state index is 12.5. The summed E-state index contributed by atoms with van der Waals surface area (Å²) in [7, 11) is 0. The minimum absolute atomic E-state index is 0.290. The Labute approximate surface area is 136 Å². The molecule has 0 N–H and O–H groups in total. The normalized spacial score (nSPS) is 27.5. The Morgan fingerprint density at radius 3 is 2.43 bits per heavy atom. The van der Waals surface area contributed by atoms with Crippen LogP contribution in [0, 0.1) is 16.7 Å². The number of nitrogens with zero attached hydrogens (tertiary/aromatic N) is 1. The molecule has 0 radical (unpaired) electrons. The predicted molar refractivity (Wildman–Crippen MR) is 92.7 cm³/mol. The lowest BCUT2D eigenvalue weighted by molar-refractivity contribution is -0.132. The number of hydrogen-bond acceptors (Lipinski definition) is 2. The minimum atomic E-state index is 0.290. The first-order chi connectivity index (χ1) is 9.86. The Hall–Kier alpha value is -0.180. The molecular formula is C18H33NOS. The standard InChI is InChI=1S/C18H33NOS/c1-17(2,3)15-7-8-16(20)19(12-9-15)13-18(14-21)10-5-4-6-11-18/h15,21H,4-14H2,1-3H3. The van der Waals surface area contributed by atoms with Gasteiger partial charge in [-0.3, -0.25) is 4.79 Å². The first kappa shape index (κ1) is 17.2. The monoisotopic (exact) mass is 311 g/mol. The van der Waals surface area contributed by atoms with E-state index in [4.69, 9.17) is 0 Å². The number of thiol groups is 1. The molecule has 0 aromatic heterocycles. The van der Waals surface area contributed by atoms with Gasteiger partial charge in [-0.1, -0.05) is 40.0 Å². The zero-order chi connectivity index (χ0) is 15.5. The Kier molecular flexibility index (Phi) is 5.67. The molecule has 1 unspecified atom stereocenters. The Balaban J connectivity index is 2.00. The van der Waals surface area contributed by atoms with Crippen molar-refractivity contribution in [3.8, 4) is 0 Å². The fourth-order valence-corrected chi connectivity index (χ4v) is 4.56. The zero-order valence-electron chi connectivity index (χ0n) is 14.2. The van der Waals surface area contributed by atoms with Gasteiger partial charge in [-0.05, 0) is 48.2 Å². The van der Waals surface area contributed by atoms with E-state index in [9.17, 15) is 4.79 Å². The van der Waals surface area contributed by atoms with Gasteiger partial charge in [-0.15, -0.1) is 0 Å². The molecule has 0 spiro atoms.